The number of sulfonamides is 1. The summed E-state index contributed by atoms with van der Waals surface area (Å²) in [4.78, 5) is 14.3. The Morgan fingerprint density at radius 2 is 1.62 bits per heavy atom. The number of hydrogen-bond donors (Lipinski definition) is 1. The molecular formula is C22H30N2O4S. The van der Waals surface area contributed by atoms with Crippen LogP contribution in [0, 0.1) is 5.92 Å². The SMILES string of the molecule is COc1ccc(CN(C)C(=O)CCc2ccc(S(=O)(=O)NCC(C)C)cc2)cc1. The first-order valence-corrected chi connectivity index (χ1v) is 11.1. The van der Waals surface area contributed by atoms with Crippen LogP contribution < -0.4 is 9.46 Å². The van der Waals surface area contributed by atoms with Crippen LogP contribution in [0.25, 0.3) is 0 Å². The van der Waals surface area contributed by atoms with Gasteiger partial charge in [0.1, 0.15) is 5.75 Å². The standard InChI is InChI=1S/C22H30N2O4S/c1-17(2)15-23-29(26,27)21-12-7-18(8-13-21)9-14-22(25)24(3)16-19-5-10-20(28-4)11-6-19/h5-8,10-13,17,23H,9,14-16H2,1-4H3. The van der Waals surface area contributed by atoms with E-state index in [2.05, 4.69) is 4.72 Å². The monoisotopic (exact) mass is 418 g/mol. The average molecular weight is 419 g/mol. The minimum absolute atomic E-state index is 0.0381. The van der Waals surface area contributed by atoms with Gasteiger partial charge in [-0.15, -0.1) is 0 Å². The molecule has 0 bridgehead atoms. The van der Waals surface area contributed by atoms with Crippen molar-refractivity contribution in [1.29, 1.82) is 0 Å². The number of nitrogens with one attached hydrogen (secondary N) is 1. The molecule has 0 unspecified atom stereocenters. The van der Waals surface area contributed by atoms with Gasteiger partial charge in [-0.25, -0.2) is 13.1 Å². The Hall–Kier alpha value is -2.38. The van der Waals surface area contributed by atoms with Crippen LogP contribution >= 0.6 is 0 Å². The van der Waals surface area contributed by atoms with E-state index in [1.54, 1.807) is 43.3 Å². The summed E-state index contributed by atoms with van der Waals surface area (Å²) < 4.78 is 32.2. The van der Waals surface area contributed by atoms with Crippen LogP contribution in [0.4, 0.5) is 0 Å². The van der Waals surface area contributed by atoms with Gasteiger partial charge in [0.2, 0.25) is 15.9 Å². The molecule has 0 aromatic heterocycles. The summed E-state index contributed by atoms with van der Waals surface area (Å²) in [5.41, 5.74) is 1.96. The molecule has 0 saturated heterocycles. The molecule has 0 radical (unpaired) electrons. The number of rotatable bonds is 10. The molecule has 0 aliphatic rings. The molecule has 0 atom stereocenters. The van der Waals surface area contributed by atoms with Crippen molar-refractivity contribution in [1.82, 2.24) is 9.62 Å². The minimum atomic E-state index is -3.49. The normalized spacial score (nSPS) is 11.5. The fraction of sp³-hybridized carbons (Fsp3) is 0.409. The van der Waals surface area contributed by atoms with E-state index < -0.39 is 10.0 Å². The van der Waals surface area contributed by atoms with Gasteiger partial charge in [0.15, 0.2) is 0 Å². The number of carbonyl (C=O) groups excluding carboxylic acids is 1. The Bertz CT molecular complexity index is 891. The van der Waals surface area contributed by atoms with Crippen molar-refractivity contribution in [2.75, 3.05) is 20.7 Å². The molecule has 0 spiro atoms. The largest absolute Gasteiger partial charge is 0.497 e. The number of ether oxygens (including phenoxy) is 1. The second kappa shape index (κ2) is 10.4. The van der Waals surface area contributed by atoms with E-state index in [4.69, 9.17) is 4.74 Å². The summed E-state index contributed by atoms with van der Waals surface area (Å²) in [5, 5.41) is 0. The van der Waals surface area contributed by atoms with Gasteiger partial charge in [0.05, 0.1) is 12.0 Å². The zero-order chi connectivity index (χ0) is 21.4. The molecule has 2 aromatic carbocycles. The van der Waals surface area contributed by atoms with E-state index in [1.165, 1.54) is 0 Å². The van der Waals surface area contributed by atoms with Crippen molar-refractivity contribution < 1.29 is 17.9 Å². The molecule has 0 heterocycles. The summed E-state index contributed by atoms with van der Waals surface area (Å²) in [5.74, 6) is 1.06. The molecule has 29 heavy (non-hydrogen) atoms. The summed E-state index contributed by atoms with van der Waals surface area (Å²) in [6, 6.07) is 14.3. The molecular weight excluding hydrogens is 388 g/mol. The Labute approximate surface area is 173 Å². The molecule has 1 amide bonds. The minimum Gasteiger partial charge on any atom is -0.497 e. The average Bonchev–Trinajstić information content (AvgIpc) is 2.71. The molecule has 7 heteroatoms. The highest BCUT2D eigenvalue weighted by atomic mass is 32.2. The maximum atomic E-state index is 12.4. The van der Waals surface area contributed by atoms with E-state index in [0.29, 0.717) is 25.9 Å². The van der Waals surface area contributed by atoms with E-state index >= 15 is 0 Å². The third kappa shape index (κ3) is 7.18. The predicted octanol–water partition coefficient (Wildman–Crippen LogP) is 3.22. The van der Waals surface area contributed by atoms with Gasteiger partial charge in [-0.05, 0) is 47.7 Å². The molecule has 0 aliphatic carbocycles. The number of hydrogen-bond acceptors (Lipinski definition) is 4. The van der Waals surface area contributed by atoms with Crippen LogP contribution in [0.3, 0.4) is 0 Å². The van der Waals surface area contributed by atoms with Crippen LogP contribution in [0.15, 0.2) is 53.4 Å². The Morgan fingerprint density at radius 3 is 2.17 bits per heavy atom. The molecule has 2 rings (SSSR count). The van der Waals surface area contributed by atoms with E-state index in [9.17, 15) is 13.2 Å². The van der Waals surface area contributed by atoms with E-state index in [0.717, 1.165) is 16.9 Å². The Kier molecular flexibility index (Phi) is 8.22. The van der Waals surface area contributed by atoms with E-state index in [-0.39, 0.29) is 16.7 Å². The van der Waals surface area contributed by atoms with E-state index in [1.807, 2.05) is 38.1 Å². The van der Waals surface area contributed by atoms with Crippen LogP contribution in [-0.4, -0.2) is 39.9 Å². The molecule has 0 aliphatic heterocycles. The van der Waals surface area contributed by atoms with Gasteiger partial charge in [0.25, 0.3) is 0 Å². The van der Waals surface area contributed by atoms with Crippen molar-refractivity contribution in [3.05, 3.63) is 59.7 Å². The van der Waals surface area contributed by atoms with Crippen LogP contribution in [-0.2, 0) is 27.8 Å². The van der Waals surface area contributed by atoms with Crippen molar-refractivity contribution in [2.24, 2.45) is 5.92 Å². The fourth-order valence-electron chi connectivity index (χ4n) is 2.73. The topological polar surface area (TPSA) is 75.7 Å². The first kappa shape index (κ1) is 22.9. The zero-order valence-corrected chi connectivity index (χ0v) is 18.3. The maximum Gasteiger partial charge on any atom is 0.240 e. The maximum absolute atomic E-state index is 12.4. The lowest BCUT2D eigenvalue weighted by Gasteiger charge is -2.17. The third-order valence-corrected chi connectivity index (χ3v) is 5.99. The van der Waals surface area contributed by atoms with Gasteiger partial charge < -0.3 is 9.64 Å². The molecule has 2 aromatic rings. The number of benzene rings is 2. The highest BCUT2D eigenvalue weighted by Gasteiger charge is 2.14. The quantitative estimate of drug-likeness (QED) is 0.643. The van der Waals surface area contributed by atoms with Gasteiger partial charge in [-0.2, -0.15) is 0 Å². The van der Waals surface area contributed by atoms with Gasteiger partial charge in [0, 0.05) is 26.6 Å². The molecule has 0 fully saturated rings. The highest BCUT2D eigenvalue weighted by Crippen LogP contribution is 2.15. The molecule has 158 valence electrons. The van der Waals surface area contributed by atoms with Crippen molar-refractivity contribution in [2.45, 2.75) is 38.1 Å². The predicted molar refractivity (Wildman–Crippen MR) is 114 cm³/mol. The lowest BCUT2D eigenvalue weighted by molar-refractivity contribution is -0.130. The van der Waals surface area contributed by atoms with Gasteiger partial charge in [-0.3, -0.25) is 4.79 Å². The van der Waals surface area contributed by atoms with Crippen molar-refractivity contribution in [3.8, 4) is 5.75 Å². The second-order valence-corrected chi connectivity index (χ2v) is 9.25. The number of carbonyl (C=O) groups is 1. The first-order valence-electron chi connectivity index (χ1n) is 9.67. The van der Waals surface area contributed by atoms with Crippen LogP contribution in [0.2, 0.25) is 0 Å². The number of aryl methyl sites for hydroxylation is 1. The molecule has 0 saturated carbocycles. The van der Waals surface area contributed by atoms with Crippen LogP contribution in [0.5, 0.6) is 5.75 Å². The van der Waals surface area contributed by atoms with Crippen LogP contribution in [0.1, 0.15) is 31.4 Å². The fourth-order valence-corrected chi connectivity index (χ4v) is 3.94. The first-order chi connectivity index (χ1) is 13.7. The third-order valence-electron chi connectivity index (χ3n) is 4.55. The lowest BCUT2D eigenvalue weighted by Crippen LogP contribution is -2.27. The Morgan fingerprint density at radius 1 is 1.03 bits per heavy atom. The summed E-state index contributed by atoms with van der Waals surface area (Å²) >= 11 is 0. The Balaban J connectivity index is 1.87. The second-order valence-electron chi connectivity index (χ2n) is 7.49. The highest BCUT2D eigenvalue weighted by molar-refractivity contribution is 7.89. The molecule has 1 N–H and O–H groups in total. The zero-order valence-electron chi connectivity index (χ0n) is 17.5. The summed E-state index contributed by atoms with van der Waals surface area (Å²) in [7, 11) is -0.0904. The summed E-state index contributed by atoms with van der Waals surface area (Å²) in [6.45, 7) is 4.84. The lowest BCUT2D eigenvalue weighted by atomic mass is 10.1. The number of methoxy groups -OCH3 is 1. The number of nitrogens with zero attached hydrogens (tertiary/aromatic N) is 1. The van der Waals surface area contributed by atoms with Gasteiger partial charge in [-0.1, -0.05) is 38.1 Å². The van der Waals surface area contributed by atoms with Gasteiger partial charge >= 0.3 is 0 Å². The van der Waals surface area contributed by atoms with Crippen molar-refractivity contribution >= 4 is 15.9 Å². The number of amides is 1. The summed E-state index contributed by atoms with van der Waals surface area (Å²) in [6.07, 6.45) is 0.926. The van der Waals surface area contributed by atoms with Crippen molar-refractivity contribution in [3.63, 3.8) is 0 Å². The smallest absolute Gasteiger partial charge is 0.240 e. The molecule has 6 nitrogen and oxygen atoms in total.